The van der Waals surface area contributed by atoms with Crippen molar-refractivity contribution in [2.45, 2.75) is 114 Å². The van der Waals surface area contributed by atoms with Crippen LogP contribution in [-0.4, -0.2) is 132 Å². The topological polar surface area (TPSA) is 206 Å². The van der Waals surface area contributed by atoms with Gasteiger partial charge in [-0.2, -0.15) is 21.4 Å². The molecule has 0 radical (unpaired) electrons. The van der Waals surface area contributed by atoms with Gasteiger partial charge in [0.2, 0.25) is 11.8 Å². The van der Waals surface area contributed by atoms with Crippen molar-refractivity contribution in [3.63, 3.8) is 0 Å². The van der Waals surface area contributed by atoms with Gasteiger partial charge < -0.3 is 51.9 Å². The number of methoxy groups -OCH3 is 5. The van der Waals surface area contributed by atoms with Crippen molar-refractivity contribution in [2.24, 2.45) is 22.2 Å². The van der Waals surface area contributed by atoms with Crippen molar-refractivity contribution in [2.75, 3.05) is 52.8 Å². The Kier molecular flexibility index (Phi) is 23.9. The number of carbonyl (C=O) groups is 7. The minimum absolute atomic E-state index is 0. The van der Waals surface area contributed by atoms with E-state index in [9.17, 15) is 33.6 Å². The monoisotopic (exact) mass is 1090 g/mol. The summed E-state index contributed by atoms with van der Waals surface area (Å²) in [5.41, 5.74) is 0.987. The molecule has 2 aromatic rings. The maximum absolute atomic E-state index is 13.0. The van der Waals surface area contributed by atoms with Crippen LogP contribution in [0.1, 0.15) is 92.1 Å². The molecule has 0 N–H and O–H groups in total. The third-order valence-corrected chi connectivity index (χ3v) is 20.2. The number of hydrogen-bond acceptors (Lipinski definition) is 15. The van der Waals surface area contributed by atoms with Crippen LogP contribution in [0.2, 0.25) is 0 Å². The zero-order chi connectivity index (χ0) is 50.7. The Labute approximate surface area is 453 Å². The average Bonchev–Trinajstić information content (AvgIpc) is 4.04. The SMILES string of the molecule is COC(=O)C(C(=O)OC)C(=O)OC.COC(=O)C(C)(CCCC1SC[C@]2(C)CC(=O)N(Cc3ccccc3)[C@]12C)C(=O)OC.C[C@@]12CC(=O)N(Cc3ccccc3)[C@]1(C)C1CCC[S+]1C2.O=C=O.[Br-].[H-].[Na+]. The molecule has 5 saturated heterocycles. The van der Waals surface area contributed by atoms with Crippen molar-refractivity contribution in [3.05, 3.63) is 71.8 Å². The smallest absolute Gasteiger partial charge is 1.00 e. The fraction of sp³-hybridized carbons (Fsp3) is 0.600. The first kappa shape index (κ1) is 62.4. The maximum atomic E-state index is 13.0. The van der Waals surface area contributed by atoms with Crippen LogP contribution in [0.4, 0.5) is 0 Å². The molecule has 20 heteroatoms. The summed E-state index contributed by atoms with van der Waals surface area (Å²) >= 11 is 1.90. The number of likely N-dealkylation sites (tertiary alicyclic amines) is 2. The number of carbonyl (C=O) groups excluding carboxylic acids is 9. The summed E-state index contributed by atoms with van der Waals surface area (Å²) in [6.07, 6.45) is 6.08. The van der Waals surface area contributed by atoms with E-state index in [1.54, 1.807) is 6.92 Å². The van der Waals surface area contributed by atoms with Gasteiger partial charge in [0.25, 0.3) is 5.92 Å². The van der Waals surface area contributed by atoms with E-state index >= 15 is 0 Å². The Balaban J connectivity index is 0.000000547. The van der Waals surface area contributed by atoms with Gasteiger partial charge in [-0.3, -0.25) is 33.6 Å². The van der Waals surface area contributed by atoms with Gasteiger partial charge in [0, 0.05) is 54.2 Å². The number of halogens is 1. The van der Waals surface area contributed by atoms with Crippen LogP contribution < -0.4 is 46.5 Å². The van der Waals surface area contributed by atoms with Gasteiger partial charge in [0.05, 0.1) is 46.6 Å². The Hall–Kier alpha value is -3.71. The predicted molar refractivity (Wildman–Crippen MR) is 254 cm³/mol. The summed E-state index contributed by atoms with van der Waals surface area (Å²) in [5, 5.41) is 0.977. The molecule has 16 nitrogen and oxygen atoms in total. The molecule has 7 rings (SSSR count). The molecule has 0 aliphatic carbocycles. The van der Waals surface area contributed by atoms with Crippen LogP contribution in [0.5, 0.6) is 0 Å². The number of nitrogens with zero attached hydrogens (tertiary/aromatic N) is 2. The van der Waals surface area contributed by atoms with Gasteiger partial charge in [-0.05, 0) is 62.1 Å². The first-order chi connectivity index (χ1) is 32.2. The quantitative estimate of drug-likeness (QED) is 0.0813. The molecule has 5 heterocycles. The number of fused-ring (bicyclic) bond motifs is 4. The summed E-state index contributed by atoms with van der Waals surface area (Å²) < 4.78 is 22.4. The molecule has 3 unspecified atom stereocenters. The van der Waals surface area contributed by atoms with Crippen LogP contribution in [0, 0.1) is 22.2 Å². The normalized spacial score (nSPS) is 26.6. The molecule has 2 amide bonds. The average molecular weight is 1090 g/mol. The third kappa shape index (κ3) is 12.7. The fourth-order valence-corrected chi connectivity index (χ4v) is 16.7. The summed E-state index contributed by atoms with van der Waals surface area (Å²) in [6, 6.07) is 20.6. The van der Waals surface area contributed by atoms with Gasteiger partial charge in [-0.25, -0.2) is 0 Å². The molecule has 5 aliphatic rings. The number of hydrogen-bond donors (Lipinski definition) is 0. The van der Waals surface area contributed by atoms with Crippen LogP contribution >= 0.6 is 11.8 Å². The fourth-order valence-electron chi connectivity index (χ4n) is 10.7. The third-order valence-electron chi connectivity index (χ3n) is 15.0. The zero-order valence-electron chi connectivity index (χ0n) is 43.3. The predicted octanol–water partition coefficient (Wildman–Crippen LogP) is -0.541. The Morgan fingerprint density at radius 3 is 1.60 bits per heavy atom. The van der Waals surface area contributed by atoms with Crippen molar-refractivity contribution in [1.82, 2.24) is 9.80 Å². The molecule has 0 saturated carbocycles. The van der Waals surface area contributed by atoms with E-state index in [0.717, 1.165) is 57.3 Å². The maximum Gasteiger partial charge on any atom is 1.00 e. The first-order valence-corrected chi connectivity index (χ1v) is 25.2. The molecule has 5 fully saturated rings. The number of thioether (sulfide) groups is 1. The van der Waals surface area contributed by atoms with Gasteiger partial charge in [-0.15, -0.1) is 0 Å². The van der Waals surface area contributed by atoms with Crippen molar-refractivity contribution in [1.29, 1.82) is 0 Å². The van der Waals surface area contributed by atoms with Crippen LogP contribution in [0.15, 0.2) is 60.7 Å². The van der Waals surface area contributed by atoms with Gasteiger partial charge >= 0.3 is 65.6 Å². The van der Waals surface area contributed by atoms with Crippen LogP contribution in [0.25, 0.3) is 0 Å². The summed E-state index contributed by atoms with van der Waals surface area (Å²) in [7, 11) is 6.30. The van der Waals surface area contributed by atoms with Crippen molar-refractivity contribution < 1.29 is 115 Å². The summed E-state index contributed by atoms with van der Waals surface area (Å²) in [6.45, 7) is 12.2. The van der Waals surface area contributed by atoms with Crippen LogP contribution in [-0.2, 0) is 90.8 Å². The van der Waals surface area contributed by atoms with E-state index < -0.39 is 41.2 Å². The summed E-state index contributed by atoms with van der Waals surface area (Å²) in [4.78, 5) is 104. The Bertz CT molecular complexity index is 2140. The van der Waals surface area contributed by atoms with Crippen molar-refractivity contribution in [3.8, 4) is 0 Å². The molecular formula is C50H68BrN2NaO14S2. The van der Waals surface area contributed by atoms with E-state index in [4.69, 9.17) is 19.1 Å². The van der Waals surface area contributed by atoms with Gasteiger partial charge in [-0.1, -0.05) is 80.9 Å². The van der Waals surface area contributed by atoms with Gasteiger partial charge in [0.15, 0.2) is 5.41 Å². The minimum atomic E-state index is -1.65. The molecule has 0 bridgehead atoms. The second kappa shape index (κ2) is 26.8. The van der Waals surface area contributed by atoms with E-state index in [1.165, 1.54) is 44.1 Å². The molecule has 70 heavy (non-hydrogen) atoms. The largest absolute Gasteiger partial charge is 1.00 e. The molecule has 5 aliphatic heterocycles. The number of rotatable bonds is 13. The van der Waals surface area contributed by atoms with E-state index in [2.05, 4.69) is 88.1 Å². The Morgan fingerprint density at radius 1 is 0.743 bits per heavy atom. The van der Waals surface area contributed by atoms with Crippen LogP contribution in [0.3, 0.4) is 0 Å². The van der Waals surface area contributed by atoms with E-state index in [1.807, 2.05) is 36.0 Å². The molecule has 2 aromatic carbocycles. The standard InChI is InChI=1S/C24H33NO5S.C18H24NOS.C7H10O6.CO2.BrH.Na.H/c1-22-14-19(26)25(15-17-10-7-6-8-11-17)24(22,3)18(31-16-22)12-9-13-23(2,20(27)29-4)21(28)30-5;1-17-11-16(20)19(12-14-7-4-3-5-8-14)18(17,2)15-9-6-10-21(15)13-17;1-11-5(8)4(6(9)12-2)7(10)13-3;2-1-3;;;/h6-8,10-11,18H,9,12-16H2,1-5H3;3-5,7-8,15H,6,9-13H2,1-2H3;4H,1-3H3;;1H;;/q;+1;;;;+1;-1/p-1/t18?,22-,24+;15?,17-,18+,21?;;;;;/m00...../s1. The molecule has 382 valence electrons. The second-order valence-corrected chi connectivity index (χ2v) is 22.3. The van der Waals surface area contributed by atoms with Gasteiger partial charge in [0.1, 0.15) is 16.8 Å². The van der Waals surface area contributed by atoms with Crippen molar-refractivity contribution >= 4 is 70.5 Å². The summed E-state index contributed by atoms with van der Waals surface area (Å²) in [5.74, 6) is -1.61. The molecule has 0 spiro atoms. The number of esters is 5. The number of ether oxygens (including phenoxy) is 5. The Morgan fingerprint density at radius 2 is 1.17 bits per heavy atom. The van der Waals surface area contributed by atoms with E-state index in [0.29, 0.717) is 42.6 Å². The minimum Gasteiger partial charge on any atom is -1.00 e. The molecule has 0 aromatic heterocycles. The molecular weight excluding hydrogens is 1020 g/mol. The second-order valence-electron chi connectivity index (χ2n) is 18.8. The molecule has 7 atom stereocenters. The zero-order valence-corrected chi connectivity index (χ0v) is 47.5. The van der Waals surface area contributed by atoms with E-state index in [-0.39, 0.29) is 87.2 Å². The number of benzene rings is 2. The first-order valence-electron chi connectivity index (χ1n) is 22.5. The number of amides is 2.